The lowest BCUT2D eigenvalue weighted by Crippen LogP contribution is -2.16. The lowest BCUT2D eigenvalue weighted by molar-refractivity contribution is -0.115. The Balaban J connectivity index is 1.79. The fourth-order valence-corrected chi connectivity index (χ4v) is 3.88. The molecular formula is C23H20ClN3O5S. The van der Waals surface area contributed by atoms with E-state index in [0.717, 1.165) is 0 Å². The van der Waals surface area contributed by atoms with Crippen LogP contribution in [0.3, 0.4) is 0 Å². The fraction of sp³-hybridized carbons (Fsp3) is 0.130. The second-order valence-corrected chi connectivity index (χ2v) is 9.12. The number of hydrogen-bond donors (Lipinski definition) is 2. The summed E-state index contributed by atoms with van der Waals surface area (Å²) in [5.41, 5.74) is 2.02. The number of benzene rings is 3. The highest BCUT2D eigenvalue weighted by Gasteiger charge is 2.14. The molecule has 0 aromatic heterocycles. The van der Waals surface area contributed by atoms with E-state index in [4.69, 9.17) is 31.5 Å². The van der Waals surface area contributed by atoms with E-state index in [1.165, 1.54) is 31.4 Å². The van der Waals surface area contributed by atoms with Crippen LogP contribution in [0.25, 0.3) is 0 Å². The number of nitriles is 1. The molecule has 0 unspecified atom stereocenters. The molecular weight excluding hydrogens is 466 g/mol. The molecule has 0 aliphatic heterocycles. The smallest absolute Gasteiger partial charge is 0.238 e. The van der Waals surface area contributed by atoms with E-state index in [0.29, 0.717) is 44.6 Å². The lowest BCUT2D eigenvalue weighted by atomic mass is 10.1. The van der Waals surface area contributed by atoms with Crippen molar-refractivity contribution in [2.24, 2.45) is 5.14 Å². The van der Waals surface area contributed by atoms with Crippen LogP contribution in [0.4, 0.5) is 5.69 Å². The topological polar surface area (TPSA) is 132 Å². The number of amides is 1. The van der Waals surface area contributed by atoms with Crippen LogP contribution in [0.5, 0.6) is 17.2 Å². The number of carbonyl (C=O) groups is 1. The Bertz CT molecular complexity index is 1370. The van der Waals surface area contributed by atoms with Gasteiger partial charge in [-0.25, -0.2) is 13.6 Å². The van der Waals surface area contributed by atoms with Crippen LogP contribution >= 0.6 is 11.6 Å². The maximum absolute atomic E-state index is 12.6. The van der Waals surface area contributed by atoms with Crippen molar-refractivity contribution in [3.63, 3.8) is 0 Å². The van der Waals surface area contributed by atoms with Crippen molar-refractivity contribution in [3.05, 3.63) is 76.3 Å². The molecule has 8 nitrogen and oxygen atoms in total. The van der Waals surface area contributed by atoms with Crippen molar-refractivity contribution < 1.29 is 22.7 Å². The first-order valence-corrected chi connectivity index (χ1v) is 11.5. The van der Waals surface area contributed by atoms with Crippen LogP contribution in [-0.4, -0.2) is 21.4 Å². The summed E-state index contributed by atoms with van der Waals surface area (Å²) in [6, 6.07) is 15.9. The molecule has 0 fully saturated rings. The van der Waals surface area contributed by atoms with Gasteiger partial charge in [-0.1, -0.05) is 17.7 Å². The van der Waals surface area contributed by atoms with Gasteiger partial charge in [-0.3, -0.25) is 4.79 Å². The molecule has 0 aliphatic rings. The van der Waals surface area contributed by atoms with Gasteiger partial charge >= 0.3 is 0 Å². The van der Waals surface area contributed by atoms with Crippen LogP contribution in [0, 0.1) is 18.3 Å². The quantitative estimate of drug-likeness (QED) is 0.516. The number of ether oxygens (including phenoxy) is 2. The Kier molecular flexibility index (Phi) is 7.23. The van der Waals surface area contributed by atoms with Crippen LogP contribution in [0.15, 0.2) is 59.5 Å². The summed E-state index contributed by atoms with van der Waals surface area (Å²) in [6.07, 6.45) is 0.0235. The average molecular weight is 486 g/mol. The summed E-state index contributed by atoms with van der Waals surface area (Å²) in [6.45, 7) is 1.67. The van der Waals surface area contributed by atoms with Gasteiger partial charge < -0.3 is 14.8 Å². The highest BCUT2D eigenvalue weighted by Crippen LogP contribution is 2.34. The summed E-state index contributed by atoms with van der Waals surface area (Å²) >= 11 is 6.04. The molecule has 33 heavy (non-hydrogen) atoms. The number of hydrogen-bond acceptors (Lipinski definition) is 6. The van der Waals surface area contributed by atoms with Gasteiger partial charge in [0.1, 0.15) is 5.75 Å². The van der Waals surface area contributed by atoms with Crippen molar-refractivity contribution >= 4 is 33.2 Å². The van der Waals surface area contributed by atoms with Gasteiger partial charge in [-0.15, -0.1) is 0 Å². The maximum atomic E-state index is 12.6. The molecule has 170 valence electrons. The number of carbonyl (C=O) groups excluding carboxylic acids is 1. The van der Waals surface area contributed by atoms with E-state index < -0.39 is 10.0 Å². The summed E-state index contributed by atoms with van der Waals surface area (Å²) in [5, 5.41) is 17.4. The number of rotatable bonds is 7. The minimum Gasteiger partial charge on any atom is -0.493 e. The van der Waals surface area contributed by atoms with E-state index in [9.17, 15) is 13.2 Å². The minimum atomic E-state index is -3.83. The Hall–Kier alpha value is -3.58. The van der Waals surface area contributed by atoms with Crippen molar-refractivity contribution in [3.8, 4) is 23.3 Å². The Morgan fingerprint density at radius 3 is 2.52 bits per heavy atom. The zero-order valence-corrected chi connectivity index (χ0v) is 19.3. The van der Waals surface area contributed by atoms with Gasteiger partial charge in [-0.05, 0) is 66.6 Å². The number of nitrogens with one attached hydrogen (secondary N) is 1. The summed E-state index contributed by atoms with van der Waals surface area (Å²) in [4.78, 5) is 12.6. The van der Waals surface area contributed by atoms with Crippen molar-refractivity contribution in [1.82, 2.24) is 0 Å². The van der Waals surface area contributed by atoms with Crippen molar-refractivity contribution in [2.45, 2.75) is 18.2 Å². The fourth-order valence-electron chi connectivity index (χ4n) is 3.06. The minimum absolute atomic E-state index is 0.0235. The average Bonchev–Trinajstić information content (AvgIpc) is 2.74. The Morgan fingerprint density at radius 1 is 1.12 bits per heavy atom. The molecule has 0 spiro atoms. The summed E-state index contributed by atoms with van der Waals surface area (Å²) in [7, 11) is -2.34. The maximum Gasteiger partial charge on any atom is 0.238 e. The number of aryl methyl sites for hydroxylation is 1. The number of nitrogens with zero attached hydrogens (tertiary/aromatic N) is 1. The third-order valence-electron chi connectivity index (χ3n) is 4.62. The van der Waals surface area contributed by atoms with E-state index in [-0.39, 0.29) is 17.2 Å². The number of halogens is 1. The number of primary sulfonamides is 1. The predicted octanol–water partition coefficient (Wildman–Crippen LogP) is 4.15. The first kappa shape index (κ1) is 24.1. The lowest BCUT2D eigenvalue weighted by Gasteiger charge is -2.13. The van der Waals surface area contributed by atoms with E-state index >= 15 is 0 Å². The molecule has 3 aromatic carbocycles. The number of nitrogens with two attached hydrogens (primary N) is 1. The zero-order valence-electron chi connectivity index (χ0n) is 17.8. The third-order valence-corrected chi connectivity index (χ3v) is 5.75. The second-order valence-electron chi connectivity index (χ2n) is 7.12. The standard InChI is InChI=1S/C23H20ClN3O5S/c1-14-7-19(33(26,29)30)4-5-20(14)27-23(28)11-15-3-6-21(31-2)22(10-15)32-18-9-16(13-25)8-17(24)12-18/h3-10,12H,11H2,1-2H3,(H,27,28)(H2,26,29,30). The molecule has 0 saturated heterocycles. The molecule has 10 heteroatoms. The molecule has 0 bridgehead atoms. The Labute approximate surface area is 196 Å². The van der Waals surface area contributed by atoms with Crippen LogP contribution < -0.4 is 19.9 Å². The SMILES string of the molecule is COc1ccc(CC(=O)Nc2ccc(S(N)(=O)=O)cc2C)cc1Oc1cc(Cl)cc(C#N)c1. The van der Waals surface area contributed by atoms with Gasteiger partial charge in [0, 0.05) is 10.7 Å². The monoisotopic (exact) mass is 485 g/mol. The van der Waals surface area contributed by atoms with Crippen molar-refractivity contribution in [1.29, 1.82) is 5.26 Å². The first-order valence-electron chi connectivity index (χ1n) is 9.58. The van der Waals surface area contributed by atoms with Gasteiger partial charge in [0.15, 0.2) is 11.5 Å². The number of methoxy groups -OCH3 is 1. The number of sulfonamides is 1. The van der Waals surface area contributed by atoms with Gasteiger partial charge in [0.25, 0.3) is 0 Å². The molecule has 0 atom stereocenters. The summed E-state index contributed by atoms with van der Waals surface area (Å²) in [5.74, 6) is 0.825. The highest BCUT2D eigenvalue weighted by molar-refractivity contribution is 7.89. The van der Waals surface area contributed by atoms with Crippen LogP contribution in [0.2, 0.25) is 5.02 Å². The third kappa shape index (κ3) is 6.23. The number of anilines is 1. The first-order chi connectivity index (χ1) is 15.6. The van der Waals surface area contributed by atoms with Crippen molar-refractivity contribution in [2.75, 3.05) is 12.4 Å². The normalized spacial score (nSPS) is 10.9. The molecule has 0 aliphatic carbocycles. The predicted molar refractivity (Wildman–Crippen MR) is 124 cm³/mol. The molecule has 3 aromatic rings. The Morgan fingerprint density at radius 2 is 1.88 bits per heavy atom. The van der Waals surface area contributed by atoms with E-state index in [2.05, 4.69) is 5.32 Å². The van der Waals surface area contributed by atoms with E-state index in [1.807, 2.05) is 6.07 Å². The largest absolute Gasteiger partial charge is 0.493 e. The molecule has 1 amide bonds. The van der Waals surface area contributed by atoms with Gasteiger partial charge in [-0.2, -0.15) is 5.26 Å². The van der Waals surface area contributed by atoms with Crippen LogP contribution in [0.1, 0.15) is 16.7 Å². The second kappa shape index (κ2) is 9.92. The van der Waals surface area contributed by atoms with Gasteiger partial charge in [0.2, 0.25) is 15.9 Å². The molecule has 0 radical (unpaired) electrons. The molecule has 3 N–H and O–H groups in total. The molecule has 0 saturated carbocycles. The highest BCUT2D eigenvalue weighted by atomic mass is 35.5. The molecule has 0 heterocycles. The van der Waals surface area contributed by atoms with E-state index in [1.54, 1.807) is 37.3 Å². The van der Waals surface area contributed by atoms with Gasteiger partial charge in [0.05, 0.1) is 30.1 Å². The molecule has 3 rings (SSSR count). The van der Waals surface area contributed by atoms with Crippen LogP contribution in [-0.2, 0) is 21.2 Å². The zero-order chi connectivity index (χ0) is 24.2. The summed E-state index contributed by atoms with van der Waals surface area (Å²) < 4.78 is 34.1.